The molecule has 0 aliphatic carbocycles. The van der Waals surface area contributed by atoms with E-state index in [9.17, 15) is 4.79 Å². The number of benzene rings is 1. The Kier molecular flexibility index (Phi) is 6.02. The van der Waals surface area contributed by atoms with Gasteiger partial charge in [0, 0.05) is 30.9 Å². The normalized spacial score (nSPS) is 13.8. The van der Waals surface area contributed by atoms with Crippen LogP contribution in [0.25, 0.3) is 6.08 Å². The lowest BCUT2D eigenvalue weighted by molar-refractivity contribution is 0.207. The van der Waals surface area contributed by atoms with Gasteiger partial charge in [0.25, 0.3) is 0 Å². The van der Waals surface area contributed by atoms with Crippen LogP contribution in [0.1, 0.15) is 35.2 Å². The standard InChI is InChI=1S/C24H26N4O3/c1-16-7-8-22(25-15-16)30-21-6-4-5-20(14-21)13-19-9-11-28(12-10-19)24(29)26-23-17(2)18(3)27-31-23/h4-8,13-15H,9-12H2,1-3H3,(H,26,29). The lowest BCUT2D eigenvalue weighted by Gasteiger charge is -2.28. The summed E-state index contributed by atoms with van der Waals surface area (Å²) in [7, 11) is 0. The van der Waals surface area contributed by atoms with E-state index in [1.807, 2.05) is 51.1 Å². The molecule has 0 unspecified atom stereocenters. The summed E-state index contributed by atoms with van der Waals surface area (Å²) in [6.07, 6.45) is 5.61. The van der Waals surface area contributed by atoms with Crippen LogP contribution in [0, 0.1) is 20.8 Å². The molecule has 1 aliphatic heterocycles. The number of likely N-dealkylation sites (tertiary alicyclic amines) is 1. The number of amides is 2. The second-order valence-electron chi connectivity index (χ2n) is 7.79. The van der Waals surface area contributed by atoms with Crippen molar-refractivity contribution >= 4 is 18.0 Å². The number of piperidine rings is 1. The average Bonchev–Trinajstić information content (AvgIpc) is 3.08. The molecule has 3 heterocycles. The van der Waals surface area contributed by atoms with E-state index in [4.69, 9.17) is 9.26 Å². The lowest BCUT2D eigenvalue weighted by atomic mass is 10.0. The maximum Gasteiger partial charge on any atom is 0.324 e. The number of carbonyl (C=O) groups is 1. The van der Waals surface area contributed by atoms with Crippen molar-refractivity contribution in [3.8, 4) is 11.6 Å². The van der Waals surface area contributed by atoms with Crippen molar-refractivity contribution in [3.05, 3.63) is 70.6 Å². The Bertz CT molecular complexity index is 1090. The third kappa shape index (κ3) is 5.12. The summed E-state index contributed by atoms with van der Waals surface area (Å²) in [5.41, 5.74) is 5.11. The monoisotopic (exact) mass is 418 g/mol. The van der Waals surface area contributed by atoms with Crippen molar-refractivity contribution in [1.29, 1.82) is 0 Å². The van der Waals surface area contributed by atoms with Crippen LogP contribution >= 0.6 is 0 Å². The minimum absolute atomic E-state index is 0.153. The highest BCUT2D eigenvalue weighted by Gasteiger charge is 2.21. The van der Waals surface area contributed by atoms with E-state index in [1.165, 1.54) is 5.57 Å². The van der Waals surface area contributed by atoms with Gasteiger partial charge in [-0.25, -0.2) is 9.78 Å². The van der Waals surface area contributed by atoms with Gasteiger partial charge >= 0.3 is 6.03 Å². The number of hydrogen-bond donors (Lipinski definition) is 1. The topological polar surface area (TPSA) is 80.5 Å². The molecule has 7 heteroatoms. The lowest BCUT2D eigenvalue weighted by Crippen LogP contribution is -2.39. The number of aromatic nitrogens is 2. The number of anilines is 1. The van der Waals surface area contributed by atoms with Crippen LogP contribution in [-0.4, -0.2) is 34.2 Å². The minimum Gasteiger partial charge on any atom is -0.439 e. The molecule has 160 valence electrons. The van der Waals surface area contributed by atoms with Gasteiger partial charge in [0.2, 0.25) is 11.8 Å². The number of ether oxygens (including phenoxy) is 1. The first-order valence-corrected chi connectivity index (χ1v) is 10.4. The van der Waals surface area contributed by atoms with E-state index in [2.05, 4.69) is 27.6 Å². The maximum atomic E-state index is 12.5. The van der Waals surface area contributed by atoms with Crippen molar-refractivity contribution in [3.63, 3.8) is 0 Å². The number of carbonyl (C=O) groups excluding carboxylic acids is 1. The van der Waals surface area contributed by atoms with Gasteiger partial charge < -0.3 is 14.2 Å². The molecule has 31 heavy (non-hydrogen) atoms. The van der Waals surface area contributed by atoms with E-state index in [0.717, 1.165) is 41.0 Å². The van der Waals surface area contributed by atoms with E-state index >= 15 is 0 Å². The molecular formula is C24H26N4O3. The minimum atomic E-state index is -0.153. The van der Waals surface area contributed by atoms with Crippen LogP contribution in [0.15, 0.2) is 52.7 Å². The van der Waals surface area contributed by atoms with Crippen molar-refractivity contribution < 1.29 is 14.1 Å². The average molecular weight is 418 g/mol. The van der Waals surface area contributed by atoms with Crippen molar-refractivity contribution in [2.75, 3.05) is 18.4 Å². The highest BCUT2D eigenvalue weighted by molar-refractivity contribution is 5.88. The molecular weight excluding hydrogens is 392 g/mol. The SMILES string of the molecule is Cc1ccc(Oc2cccc(C=C3CCN(C(=O)Nc4onc(C)c4C)CC3)c2)nc1. The second-order valence-corrected chi connectivity index (χ2v) is 7.79. The molecule has 0 atom stereocenters. The fourth-order valence-electron chi connectivity index (χ4n) is 3.39. The molecule has 3 aromatic rings. The Morgan fingerprint density at radius 1 is 1.16 bits per heavy atom. The molecule has 7 nitrogen and oxygen atoms in total. The number of nitrogens with zero attached hydrogens (tertiary/aromatic N) is 3. The Hall–Kier alpha value is -3.61. The highest BCUT2D eigenvalue weighted by Crippen LogP contribution is 2.25. The Morgan fingerprint density at radius 3 is 2.65 bits per heavy atom. The zero-order valence-electron chi connectivity index (χ0n) is 18.0. The highest BCUT2D eigenvalue weighted by atomic mass is 16.5. The molecule has 1 N–H and O–H groups in total. The molecule has 1 saturated heterocycles. The van der Waals surface area contributed by atoms with Gasteiger partial charge in [-0.1, -0.05) is 35.0 Å². The predicted molar refractivity (Wildman–Crippen MR) is 119 cm³/mol. The van der Waals surface area contributed by atoms with Gasteiger partial charge in [0.05, 0.1) is 5.69 Å². The van der Waals surface area contributed by atoms with Crippen LogP contribution < -0.4 is 10.1 Å². The van der Waals surface area contributed by atoms with Gasteiger partial charge in [-0.05, 0) is 56.9 Å². The fourth-order valence-corrected chi connectivity index (χ4v) is 3.39. The number of aryl methyl sites for hydroxylation is 2. The summed E-state index contributed by atoms with van der Waals surface area (Å²) >= 11 is 0. The van der Waals surface area contributed by atoms with Crippen LogP contribution in [0.3, 0.4) is 0 Å². The van der Waals surface area contributed by atoms with Gasteiger partial charge in [-0.15, -0.1) is 0 Å². The quantitative estimate of drug-likeness (QED) is 0.605. The first kappa shape index (κ1) is 20.7. The second kappa shape index (κ2) is 9.04. The summed E-state index contributed by atoms with van der Waals surface area (Å²) < 4.78 is 11.0. The Labute approximate surface area is 181 Å². The van der Waals surface area contributed by atoms with Crippen LogP contribution in [0.2, 0.25) is 0 Å². The van der Waals surface area contributed by atoms with Crippen LogP contribution in [-0.2, 0) is 0 Å². The van der Waals surface area contributed by atoms with Crippen molar-refractivity contribution in [2.24, 2.45) is 0 Å². The maximum absolute atomic E-state index is 12.5. The third-order valence-corrected chi connectivity index (χ3v) is 5.41. The van der Waals surface area contributed by atoms with E-state index in [0.29, 0.717) is 24.9 Å². The zero-order valence-corrected chi connectivity index (χ0v) is 18.0. The molecule has 4 rings (SSSR count). The molecule has 2 aromatic heterocycles. The van der Waals surface area contributed by atoms with E-state index < -0.39 is 0 Å². The van der Waals surface area contributed by atoms with E-state index in [1.54, 1.807) is 11.1 Å². The van der Waals surface area contributed by atoms with Gasteiger partial charge in [0.1, 0.15) is 5.75 Å². The number of hydrogen-bond acceptors (Lipinski definition) is 5. The van der Waals surface area contributed by atoms with Crippen LogP contribution in [0.5, 0.6) is 11.6 Å². The molecule has 2 amide bonds. The molecule has 1 aromatic carbocycles. The number of urea groups is 1. The zero-order chi connectivity index (χ0) is 21.8. The first-order chi connectivity index (χ1) is 15.0. The molecule has 0 spiro atoms. The predicted octanol–water partition coefficient (Wildman–Crippen LogP) is 5.50. The fraction of sp³-hybridized carbons (Fsp3) is 0.292. The Balaban J connectivity index is 1.35. The van der Waals surface area contributed by atoms with Crippen molar-refractivity contribution in [1.82, 2.24) is 15.0 Å². The molecule has 1 aliphatic rings. The molecule has 0 radical (unpaired) electrons. The van der Waals surface area contributed by atoms with Gasteiger partial charge in [0.15, 0.2) is 0 Å². The largest absolute Gasteiger partial charge is 0.439 e. The number of nitrogens with one attached hydrogen (secondary N) is 1. The van der Waals surface area contributed by atoms with Gasteiger partial charge in [-0.2, -0.15) is 0 Å². The number of pyridine rings is 1. The van der Waals surface area contributed by atoms with Crippen molar-refractivity contribution in [2.45, 2.75) is 33.6 Å². The molecule has 1 fully saturated rings. The number of rotatable bonds is 4. The third-order valence-electron chi connectivity index (χ3n) is 5.41. The van der Waals surface area contributed by atoms with Crippen LogP contribution in [0.4, 0.5) is 10.7 Å². The smallest absolute Gasteiger partial charge is 0.324 e. The van der Waals surface area contributed by atoms with Gasteiger partial charge in [-0.3, -0.25) is 5.32 Å². The summed E-state index contributed by atoms with van der Waals surface area (Å²) in [6.45, 7) is 7.05. The van der Waals surface area contributed by atoms with E-state index in [-0.39, 0.29) is 6.03 Å². The summed E-state index contributed by atoms with van der Waals surface area (Å²) in [5, 5.41) is 6.69. The first-order valence-electron chi connectivity index (χ1n) is 10.4. The Morgan fingerprint density at radius 2 is 1.97 bits per heavy atom. The molecule has 0 bridgehead atoms. The summed E-state index contributed by atoms with van der Waals surface area (Å²) in [5.74, 6) is 1.75. The summed E-state index contributed by atoms with van der Waals surface area (Å²) in [4.78, 5) is 18.6. The summed E-state index contributed by atoms with van der Waals surface area (Å²) in [6, 6.07) is 11.6. The molecule has 0 saturated carbocycles.